The van der Waals surface area contributed by atoms with Crippen LogP contribution in [0.25, 0.3) is 0 Å². The highest BCUT2D eigenvalue weighted by atomic mass is 16.5. The second-order valence-electron chi connectivity index (χ2n) is 3.45. The molecule has 0 bridgehead atoms. The van der Waals surface area contributed by atoms with Gasteiger partial charge in [0, 0.05) is 31.3 Å². The van der Waals surface area contributed by atoms with Crippen LogP contribution in [0.4, 0.5) is 0 Å². The number of hydrogen-bond donors (Lipinski definition) is 1. The largest absolute Gasteiger partial charge is 0.481 e. The van der Waals surface area contributed by atoms with Gasteiger partial charge in [-0.1, -0.05) is 11.2 Å². The SMILES string of the molecule is COc1ncccc1CNCCc1ncon1. The zero-order valence-electron chi connectivity index (χ0n) is 9.59. The van der Waals surface area contributed by atoms with Gasteiger partial charge in [0.15, 0.2) is 5.82 Å². The van der Waals surface area contributed by atoms with Crippen molar-refractivity contribution in [3.8, 4) is 5.88 Å². The molecular formula is C11H14N4O2. The summed E-state index contributed by atoms with van der Waals surface area (Å²) in [5.41, 5.74) is 1.03. The monoisotopic (exact) mass is 234 g/mol. The van der Waals surface area contributed by atoms with E-state index in [1.54, 1.807) is 13.3 Å². The van der Waals surface area contributed by atoms with Crippen LogP contribution in [0.15, 0.2) is 29.2 Å². The smallest absolute Gasteiger partial charge is 0.217 e. The Balaban J connectivity index is 1.78. The van der Waals surface area contributed by atoms with Gasteiger partial charge in [-0.2, -0.15) is 4.98 Å². The van der Waals surface area contributed by atoms with Crippen LogP contribution in [0, 0.1) is 0 Å². The Bertz CT molecular complexity index is 444. The van der Waals surface area contributed by atoms with E-state index in [-0.39, 0.29) is 0 Å². The summed E-state index contributed by atoms with van der Waals surface area (Å²) >= 11 is 0. The quantitative estimate of drug-likeness (QED) is 0.745. The Morgan fingerprint density at radius 2 is 2.35 bits per heavy atom. The Hall–Kier alpha value is -1.95. The third-order valence-corrected chi connectivity index (χ3v) is 2.29. The summed E-state index contributed by atoms with van der Waals surface area (Å²) in [5, 5.41) is 7.00. The van der Waals surface area contributed by atoms with Gasteiger partial charge in [-0.3, -0.25) is 0 Å². The molecule has 6 heteroatoms. The first-order valence-corrected chi connectivity index (χ1v) is 5.34. The molecule has 0 aliphatic carbocycles. The summed E-state index contributed by atoms with van der Waals surface area (Å²) in [4.78, 5) is 8.06. The fraction of sp³-hybridized carbons (Fsp3) is 0.364. The molecule has 0 radical (unpaired) electrons. The first-order chi connectivity index (χ1) is 8.40. The molecule has 0 aromatic carbocycles. The predicted octanol–water partition coefficient (Wildman–Crippen LogP) is 0.805. The summed E-state index contributed by atoms with van der Waals surface area (Å²) in [6, 6.07) is 3.87. The van der Waals surface area contributed by atoms with Crippen molar-refractivity contribution in [3.63, 3.8) is 0 Å². The van der Waals surface area contributed by atoms with E-state index in [1.165, 1.54) is 6.39 Å². The molecule has 2 rings (SSSR count). The molecule has 6 nitrogen and oxygen atoms in total. The van der Waals surface area contributed by atoms with E-state index in [0.29, 0.717) is 18.2 Å². The van der Waals surface area contributed by atoms with E-state index >= 15 is 0 Å². The van der Waals surface area contributed by atoms with Gasteiger partial charge in [0.2, 0.25) is 12.3 Å². The molecule has 0 aliphatic heterocycles. The van der Waals surface area contributed by atoms with E-state index in [0.717, 1.165) is 18.5 Å². The molecule has 2 aromatic rings. The highest BCUT2D eigenvalue weighted by molar-refractivity contribution is 5.24. The van der Waals surface area contributed by atoms with Gasteiger partial charge in [-0.15, -0.1) is 0 Å². The molecule has 2 aromatic heterocycles. The van der Waals surface area contributed by atoms with Crippen molar-refractivity contribution in [2.24, 2.45) is 0 Å². The number of pyridine rings is 1. The molecule has 0 unspecified atom stereocenters. The topological polar surface area (TPSA) is 73.1 Å². The maximum Gasteiger partial charge on any atom is 0.217 e. The molecule has 0 atom stereocenters. The predicted molar refractivity (Wildman–Crippen MR) is 60.5 cm³/mol. The second kappa shape index (κ2) is 5.95. The van der Waals surface area contributed by atoms with Gasteiger partial charge in [-0.05, 0) is 6.07 Å². The van der Waals surface area contributed by atoms with E-state index in [2.05, 4.69) is 25.0 Å². The molecule has 0 fully saturated rings. The van der Waals surface area contributed by atoms with Crippen molar-refractivity contribution in [1.29, 1.82) is 0 Å². The van der Waals surface area contributed by atoms with Crippen LogP contribution in [0.1, 0.15) is 11.4 Å². The molecule has 0 saturated heterocycles. The van der Waals surface area contributed by atoms with Crippen molar-refractivity contribution in [2.45, 2.75) is 13.0 Å². The standard InChI is InChI=1S/C11H14N4O2/c1-16-11-9(3-2-5-13-11)7-12-6-4-10-14-8-17-15-10/h2-3,5,8,12H,4,6-7H2,1H3. The molecule has 0 spiro atoms. The highest BCUT2D eigenvalue weighted by Crippen LogP contribution is 2.12. The van der Waals surface area contributed by atoms with Crippen molar-refractivity contribution in [2.75, 3.05) is 13.7 Å². The number of nitrogens with one attached hydrogen (secondary N) is 1. The average molecular weight is 234 g/mol. The van der Waals surface area contributed by atoms with E-state index < -0.39 is 0 Å². The van der Waals surface area contributed by atoms with Gasteiger partial charge in [0.05, 0.1) is 7.11 Å². The minimum absolute atomic E-state index is 0.652. The molecule has 90 valence electrons. The van der Waals surface area contributed by atoms with Crippen molar-refractivity contribution in [3.05, 3.63) is 36.1 Å². The summed E-state index contributed by atoms with van der Waals surface area (Å²) in [6.07, 6.45) is 3.78. The molecular weight excluding hydrogens is 220 g/mol. The highest BCUT2D eigenvalue weighted by Gasteiger charge is 2.03. The van der Waals surface area contributed by atoms with Crippen LogP contribution in [-0.4, -0.2) is 28.8 Å². The first kappa shape index (κ1) is 11.5. The van der Waals surface area contributed by atoms with Crippen LogP contribution in [0.5, 0.6) is 5.88 Å². The van der Waals surface area contributed by atoms with Gasteiger partial charge >= 0.3 is 0 Å². The van der Waals surface area contributed by atoms with Crippen LogP contribution >= 0.6 is 0 Å². The summed E-state index contributed by atoms with van der Waals surface area (Å²) in [5.74, 6) is 1.36. The molecule has 0 amide bonds. The van der Waals surface area contributed by atoms with Gasteiger partial charge < -0.3 is 14.6 Å². The maximum atomic E-state index is 5.16. The lowest BCUT2D eigenvalue weighted by atomic mass is 10.2. The fourth-order valence-electron chi connectivity index (χ4n) is 1.47. The maximum absolute atomic E-state index is 5.16. The Morgan fingerprint density at radius 3 is 3.12 bits per heavy atom. The number of hydrogen-bond acceptors (Lipinski definition) is 6. The average Bonchev–Trinajstić information content (AvgIpc) is 2.88. The first-order valence-electron chi connectivity index (χ1n) is 5.34. The summed E-state index contributed by atoms with van der Waals surface area (Å²) < 4.78 is 9.80. The Labute approximate surface area is 99.0 Å². The van der Waals surface area contributed by atoms with Crippen molar-refractivity contribution < 1.29 is 9.26 Å². The third kappa shape index (κ3) is 3.25. The fourth-order valence-corrected chi connectivity index (χ4v) is 1.47. The number of rotatable bonds is 6. The van der Waals surface area contributed by atoms with Gasteiger partial charge in [-0.25, -0.2) is 4.98 Å². The lowest BCUT2D eigenvalue weighted by Crippen LogP contribution is -2.17. The molecule has 0 saturated carbocycles. The molecule has 1 N–H and O–H groups in total. The normalized spacial score (nSPS) is 10.4. The lowest BCUT2D eigenvalue weighted by molar-refractivity contribution is 0.390. The van der Waals surface area contributed by atoms with Gasteiger partial charge in [0.25, 0.3) is 0 Å². The zero-order chi connectivity index (χ0) is 11.9. The van der Waals surface area contributed by atoms with E-state index in [9.17, 15) is 0 Å². The van der Waals surface area contributed by atoms with Crippen LogP contribution in [0.3, 0.4) is 0 Å². The lowest BCUT2D eigenvalue weighted by Gasteiger charge is -2.07. The van der Waals surface area contributed by atoms with Crippen molar-refractivity contribution in [1.82, 2.24) is 20.4 Å². The molecule has 17 heavy (non-hydrogen) atoms. The van der Waals surface area contributed by atoms with Crippen LogP contribution < -0.4 is 10.1 Å². The van der Waals surface area contributed by atoms with Crippen LogP contribution in [0.2, 0.25) is 0 Å². The molecule has 0 aliphatic rings. The van der Waals surface area contributed by atoms with Gasteiger partial charge in [0.1, 0.15) is 0 Å². The Morgan fingerprint density at radius 1 is 1.41 bits per heavy atom. The summed E-state index contributed by atoms with van der Waals surface area (Å²) in [6.45, 7) is 1.48. The summed E-state index contributed by atoms with van der Waals surface area (Å²) in [7, 11) is 1.62. The number of aromatic nitrogens is 3. The Kier molecular flexibility index (Phi) is 4.04. The number of nitrogens with zero attached hydrogens (tertiary/aromatic N) is 3. The third-order valence-electron chi connectivity index (χ3n) is 2.29. The second-order valence-corrected chi connectivity index (χ2v) is 3.45. The minimum atomic E-state index is 0.652. The minimum Gasteiger partial charge on any atom is -0.481 e. The molecule has 2 heterocycles. The number of methoxy groups -OCH3 is 1. The van der Waals surface area contributed by atoms with Crippen LogP contribution in [-0.2, 0) is 13.0 Å². The van der Waals surface area contributed by atoms with E-state index in [1.807, 2.05) is 12.1 Å². The number of ether oxygens (including phenoxy) is 1. The van der Waals surface area contributed by atoms with Crippen molar-refractivity contribution >= 4 is 0 Å². The zero-order valence-corrected chi connectivity index (χ0v) is 9.59. The van der Waals surface area contributed by atoms with E-state index in [4.69, 9.17) is 4.74 Å².